The van der Waals surface area contributed by atoms with Crippen molar-refractivity contribution in [3.8, 4) is 17.4 Å². The second-order valence-electron chi connectivity index (χ2n) is 7.17. The molecule has 8 nitrogen and oxygen atoms in total. The second kappa shape index (κ2) is 8.84. The molecule has 2 heterocycles. The van der Waals surface area contributed by atoms with Gasteiger partial charge in [0.05, 0.1) is 5.69 Å². The number of nitrogens with zero attached hydrogens (tertiary/aromatic N) is 4. The lowest BCUT2D eigenvalue weighted by Crippen LogP contribution is -2.19. The van der Waals surface area contributed by atoms with Crippen molar-refractivity contribution >= 4 is 17.4 Å². The summed E-state index contributed by atoms with van der Waals surface area (Å²) in [6.07, 6.45) is 3.13. The minimum atomic E-state index is -0.478. The van der Waals surface area contributed by atoms with E-state index in [4.69, 9.17) is 4.74 Å². The van der Waals surface area contributed by atoms with Gasteiger partial charge in [-0.25, -0.2) is 24.1 Å². The first-order chi connectivity index (χ1) is 15.4. The lowest BCUT2D eigenvalue weighted by molar-refractivity contribution is 0.262. The first-order valence-corrected chi connectivity index (χ1v) is 9.84. The molecule has 0 radical (unpaired) electrons. The number of hydrogen-bond donors (Lipinski definition) is 2. The van der Waals surface area contributed by atoms with E-state index in [2.05, 4.69) is 25.6 Å². The molecule has 0 aliphatic carbocycles. The predicted octanol–water partition coefficient (Wildman–Crippen LogP) is 5.16. The first-order valence-electron chi connectivity index (χ1n) is 9.84. The third kappa shape index (κ3) is 4.72. The summed E-state index contributed by atoms with van der Waals surface area (Å²) in [6, 6.07) is 12.5. The van der Waals surface area contributed by atoms with Crippen molar-refractivity contribution in [2.45, 2.75) is 20.8 Å². The fourth-order valence-electron chi connectivity index (χ4n) is 2.94. The van der Waals surface area contributed by atoms with Crippen LogP contribution in [0.5, 0.6) is 11.6 Å². The highest BCUT2D eigenvalue weighted by molar-refractivity contribution is 5.99. The summed E-state index contributed by atoms with van der Waals surface area (Å²) in [5, 5.41) is 5.29. The van der Waals surface area contributed by atoms with E-state index in [-0.39, 0.29) is 5.82 Å². The Hall–Kier alpha value is -4.27. The van der Waals surface area contributed by atoms with E-state index in [1.807, 2.05) is 18.4 Å². The van der Waals surface area contributed by atoms with Crippen LogP contribution < -0.4 is 15.4 Å². The van der Waals surface area contributed by atoms with Gasteiger partial charge in [-0.05, 0) is 62.7 Å². The molecule has 2 aromatic heterocycles. The van der Waals surface area contributed by atoms with E-state index in [1.54, 1.807) is 55.7 Å². The fraction of sp³-hybridized carbons (Fsp3) is 0.130. The number of rotatable bonds is 5. The van der Waals surface area contributed by atoms with Crippen molar-refractivity contribution in [1.29, 1.82) is 0 Å². The van der Waals surface area contributed by atoms with Gasteiger partial charge >= 0.3 is 6.03 Å². The van der Waals surface area contributed by atoms with Crippen LogP contribution in [0.3, 0.4) is 0 Å². The van der Waals surface area contributed by atoms with Crippen LogP contribution in [0, 0.1) is 26.6 Å². The van der Waals surface area contributed by atoms with Crippen molar-refractivity contribution in [3.05, 3.63) is 84.0 Å². The first kappa shape index (κ1) is 21.0. The zero-order valence-corrected chi connectivity index (χ0v) is 17.8. The summed E-state index contributed by atoms with van der Waals surface area (Å²) >= 11 is 0. The number of nitrogens with one attached hydrogen (secondary N) is 2. The Bertz CT molecular complexity index is 1270. The highest BCUT2D eigenvalue weighted by Gasteiger charge is 2.09. The molecular weight excluding hydrogens is 411 g/mol. The Morgan fingerprint density at radius 3 is 2.34 bits per heavy atom. The number of ether oxygens (including phenoxy) is 1. The number of halogens is 1. The van der Waals surface area contributed by atoms with Crippen LogP contribution in [0.15, 0.2) is 61.2 Å². The molecule has 0 bridgehead atoms. The maximum atomic E-state index is 13.6. The van der Waals surface area contributed by atoms with Gasteiger partial charge in [0.25, 0.3) is 0 Å². The van der Waals surface area contributed by atoms with E-state index >= 15 is 0 Å². The van der Waals surface area contributed by atoms with Gasteiger partial charge in [-0.2, -0.15) is 0 Å². The van der Waals surface area contributed by atoms with Gasteiger partial charge in [-0.3, -0.25) is 4.57 Å². The number of carbonyl (C=O) groups is 1. The summed E-state index contributed by atoms with van der Waals surface area (Å²) in [6.45, 7) is 5.55. The Morgan fingerprint density at radius 1 is 0.938 bits per heavy atom. The third-order valence-corrected chi connectivity index (χ3v) is 4.89. The Kier molecular flexibility index (Phi) is 5.80. The van der Waals surface area contributed by atoms with Crippen LogP contribution in [0.1, 0.15) is 17.0 Å². The van der Waals surface area contributed by atoms with Crippen LogP contribution in [0.2, 0.25) is 0 Å². The summed E-state index contributed by atoms with van der Waals surface area (Å²) in [5.74, 6) is 1.19. The van der Waals surface area contributed by atoms with Gasteiger partial charge in [0.1, 0.15) is 30.0 Å². The SMILES string of the molecule is Cc1ccc(NC(=O)Nc2ccc(Oc3cc(-n4cnc(C)c4C)ncn3)cc2)cc1F. The van der Waals surface area contributed by atoms with Crippen LogP contribution in [-0.4, -0.2) is 25.6 Å². The Balaban J connectivity index is 1.39. The molecule has 2 N–H and O–H groups in total. The van der Waals surface area contributed by atoms with E-state index in [1.165, 1.54) is 12.4 Å². The molecule has 2 amide bonds. The van der Waals surface area contributed by atoms with Crippen molar-refractivity contribution < 1.29 is 13.9 Å². The van der Waals surface area contributed by atoms with Crippen molar-refractivity contribution in [2.24, 2.45) is 0 Å². The molecule has 0 fully saturated rings. The second-order valence-corrected chi connectivity index (χ2v) is 7.17. The molecule has 0 saturated heterocycles. The van der Waals surface area contributed by atoms with E-state index in [0.29, 0.717) is 34.4 Å². The number of amides is 2. The zero-order chi connectivity index (χ0) is 22.7. The molecule has 2 aromatic carbocycles. The van der Waals surface area contributed by atoms with E-state index in [9.17, 15) is 9.18 Å². The maximum absolute atomic E-state index is 13.6. The summed E-state index contributed by atoms with van der Waals surface area (Å²) in [7, 11) is 0. The van der Waals surface area contributed by atoms with E-state index in [0.717, 1.165) is 11.4 Å². The standard InChI is InChI=1S/C23H21FN6O2/c1-14-4-5-18(10-20(14)24)29-23(31)28-17-6-8-19(9-7-17)32-22-11-21(25-12-26-22)30-13-27-15(2)16(30)3/h4-13H,1-3H3,(H2,28,29,31). The normalized spacial score (nSPS) is 10.6. The third-order valence-electron chi connectivity index (χ3n) is 4.89. The lowest BCUT2D eigenvalue weighted by Gasteiger charge is -2.10. The minimum Gasteiger partial charge on any atom is -0.439 e. The zero-order valence-electron chi connectivity index (χ0n) is 17.8. The Morgan fingerprint density at radius 2 is 1.66 bits per heavy atom. The molecule has 9 heteroatoms. The van der Waals surface area contributed by atoms with Crippen LogP contribution >= 0.6 is 0 Å². The molecule has 4 rings (SSSR count). The molecule has 0 spiro atoms. The van der Waals surface area contributed by atoms with Crippen molar-refractivity contribution in [3.63, 3.8) is 0 Å². The Labute approximate surface area is 184 Å². The molecule has 162 valence electrons. The molecule has 0 unspecified atom stereocenters. The van der Waals surface area contributed by atoms with Gasteiger partial charge in [0.2, 0.25) is 5.88 Å². The summed E-state index contributed by atoms with van der Waals surface area (Å²) in [5.41, 5.74) is 3.34. The maximum Gasteiger partial charge on any atom is 0.323 e. The van der Waals surface area contributed by atoms with Crippen LogP contribution in [-0.2, 0) is 0 Å². The highest BCUT2D eigenvalue weighted by atomic mass is 19.1. The summed E-state index contributed by atoms with van der Waals surface area (Å²) in [4.78, 5) is 24.9. The van der Waals surface area contributed by atoms with E-state index < -0.39 is 6.03 Å². The number of anilines is 2. The molecular formula is C23H21FN6O2. The van der Waals surface area contributed by atoms with Crippen LogP contribution in [0.25, 0.3) is 5.82 Å². The smallest absolute Gasteiger partial charge is 0.323 e. The highest BCUT2D eigenvalue weighted by Crippen LogP contribution is 2.23. The number of urea groups is 1. The molecule has 32 heavy (non-hydrogen) atoms. The predicted molar refractivity (Wildman–Crippen MR) is 119 cm³/mol. The molecule has 0 atom stereocenters. The minimum absolute atomic E-state index is 0.369. The van der Waals surface area contributed by atoms with Gasteiger partial charge in [-0.1, -0.05) is 6.07 Å². The number of hydrogen-bond acceptors (Lipinski definition) is 5. The number of benzene rings is 2. The average Bonchev–Trinajstić information content (AvgIpc) is 3.11. The van der Waals surface area contributed by atoms with Crippen molar-refractivity contribution in [1.82, 2.24) is 19.5 Å². The number of aryl methyl sites for hydroxylation is 2. The van der Waals surface area contributed by atoms with Gasteiger partial charge in [0, 0.05) is 23.1 Å². The van der Waals surface area contributed by atoms with Gasteiger partial charge in [-0.15, -0.1) is 0 Å². The quantitative estimate of drug-likeness (QED) is 0.454. The topological polar surface area (TPSA) is 94.0 Å². The monoisotopic (exact) mass is 432 g/mol. The van der Waals surface area contributed by atoms with Crippen LogP contribution in [0.4, 0.5) is 20.6 Å². The van der Waals surface area contributed by atoms with Crippen molar-refractivity contribution in [2.75, 3.05) is 10.6 Å². The molecule has 4 aromatic rings. The number of imidazole rings is 1. The molecule has 0 aliphatic rings. The number of carbonyl (C=O) groups excluding carboxylic acids is 1. The molecule has 0 saturated carbocycles. The molecule has 0 aliphatic heterocycles. The fourth-order valence-corrected chi connectivity index (χ4v) is 2.94. The van der Waals surface area contributed by atoms with Gasteiger partial charge < -0.3 is 15.4 Å². The van der Waals surface area contributed by atoms with Gasteiger partial charge in [0.15, 0.2) is 0 Å². The average molecular weight is 432 g/mol. The number of aromatic nitrogens is 4. The lowest BCUT2D eigenvalue weighted by atomic mass is 10.2. The largest absolute Gasteiger partial charge is 0.439 e. The summed E-state index contributed by atoms with van der Waals surface area (Å²) < 4.78 is 21.3.